The lowest BCUT2D eigenvalue weighted by Gasteiger charge is -2.16. The molecule has 2 atom stereocenters. The van der Waals surface area contributed by atoms with E-state index >= 15 is 0 Å². The molecule has 0 aromatic heterocycles. The highest BCUT2D eigenvalue weighted by atomic mass is 16.5. The predicted molar refractivity (Wildman–Crippen MR) is 65.0 cm³/mol. The van der Waals surface area contributed by atoms with Crippen LogP contribution in [0.3, 0.4) is 0 Å². The molecule has 0 saturated carbocycles. The molecule has 0 aromatic carbocycles. The van der Waals surface area contributed by atoms with Crippen molar-refractivity contribution in [3.8, 4) is 0 Å². The number of hydrogen-bond acceptors (Lipinski definition) is 3. The van der Waals surface area contributed by atoms with Crippen molar-refractivity contribution in [3.63, 3.8) is 0 Å². The van der Waals surface area contributed by atoms with Gasteiger partial charge >= 0.3 is 5.97 Å². The molecule has 17 heavy (non-hydrogen) atoms. The molecule has 94 valence electrons. The van der Waals surface area contributed by atoms with Crippen LogP contribution >= 0.6 is 0 Å². The number of primary amides is 1. The second-order valence-electron chi connectivity index (χ2n) is 4.37. The van der Waals surface area contributed by atoms with E-state index in [1.165, 1.54) is 0 Å². The molecule has 2 N–H and O–H groups in total. The third kappa shape index (κ3) is 4.06. The first-order valence-electron chi connectivity index (χ1n) is 5.82. The van der Waals surface area contributed by atoms with E-state index in [4.69, 9.17) is 10.5 Å². The lowest BCUT2D eigenvalue weighted by Crippen LogP contribution is -2.18. The van der Waals surface area contributed by atoms with Crippen LogP contribution in [0.5, 0.6) is 0 Å². The normalized spacial score (nSPS) is 23.2. The van der Waals surface area contributed by atoms with Gasteiger partial charge in [0.25, 0.3) is 0 Å². The minimum Gasteiger partial charge on any atom is -0.462 e. The van der Waals surface area contributed by atoms with Crippen LogP contribution in [0.15, 0.2) is 24.8 Å². The number of rotatable bonds is 7. The van der Waals surface area contributed by atoms with Gasteiger partial charge in [0.1, 0.15) is 6.10 Å². The molecule has 1 saturated heterocycles. The van der Waals surface area contributed by atoms with Gasteiger partial charge in [0, 0.05) is 11.5 Å². The van der Waals surface area contributed by atoms with Crippen LogP contribution in [0, 0.1) is 5.92 Å². The average molecular weight is 237 g/mol. The Hall–Kier alpha value is -1.58. The fraction of sp³-hybridized carbons (Fsp3) is 0.538. The fourth-order valence-electron chi connectivity index (χ4n) is 2.01. The van der Waals surface area contributed by atoms with Crippen molar-refractivity contribution >= 4 is 11.9 Å². The van der Waals surface area contributed by atoms with Gasteiger partial charge in [0.2, 0.25) is 5.91 Å². The van der Waals surface area contributed by atoms with Gasteiger partial charge < -0.3 is 10.5 Å². The van der Waals surface area contributed by atoms with E-state index < -0.39 is 5.91 Å². The summed E-state index contributed by atoms with van der Waals surface area (Å²) in [7, 11) is 0. The minimum atomic E-state index is -0.474. The highest BCUT2D eigenvalue weighted by molar-refractivity contribution is 5.91. The molecule has 4 nitrogen and oxygen atoms in total. The monoisotopic (exact) mass is 237 g/mol. The van der Waals surface area contributed by atoms with Crippen LogP contribution in [-0.4, -0.2) is 18.0 Å². The van der Waals surface area contributed by atoms with Crippen molar-refractivity contribution in [2.75, 3.05) is 0 Å². The number of carbonyl (C=O) groups is 2. The highest BCUT2D eigenvalue weighted by Crippen LogP contribution is 2.30. The lowest BCUT2D eigenvalue weighted by atomic mass is 9.91. The molecule has 1 fully saturated rings. The zero-order chi connectivity index (χ0) is 12.8. The molecule has 1 amide bonds. The topological polar surface area (TPSA) is 69.4 Å². The summed E-state index contributed by atoms with van der Waals surface area (Å²) in [6.45, 7) is 7.25. The Kier molecular flexibility index (Phi) is 4.94. The molecular formula is C13H19NO3. The molecule has 0 aromatic rings. The quantitative estimate of drug-likeness (QED) is 0.416. The Morgan fingerprint density at radius 1 is 1.53 bits per heavy atom. The maximum atomic E-state index is 11.2. The van der Waals surface area contributed by atoms with Gasteiger partial charge in [-0.3, -0.25) is 9.59 Å². The van der Waals surface area contributed by atoms with Crippen molar-refractivity contribution < 1.29 is 14.3 Å². The largest absolute Gasteiger partial charge is 0.462 e. The van der Waals surface area contributed by atoms with Crippen LogP contribution in [0.4, 0.5) is 0 Å². The van der Waals surface area contributed by atoms with Crippen LogP contribution in [0.2, 0.25) is 0 Å². The van der Waals surface area contributed by atoms with E-state index in [1.54, 1.807) is 0 Å². The molecule has 0 spiro atoms. The highest BCUT2D eigenvalue weighted by Gasteiger charge is 2.33. The van der Waals surface area contributed by atoms with Crippen LogP contribution < -0.4 is 5.73 Å². The molecule has 1 rings (SSSR count). The Labute approximate surface area is 102 Å². The molecule has 0 bridgehead atoms. The van der Waals surface area contributed by atoms with Crippen molar-refractivity contribution in [1.82, 2.24) is 0 Å². The molecular weight excluding hydrogens is 218 g/mol. The van der Waals surface area contributed by atoms with Gasteiger partial charge in [-0.05, 0) is 25.7 Å². The predicted octanol–water partition coefficient (Wildman–Crippen LogP) is 1.71. The lowest BCUT2D eigenvalue weighted by molar-refractivity contribution is -0.141. The maximum Gasteiger partial charge on any atom is 0.306 e. The molecule has 1 aliphatic heterocycles. The smallest absolute Gasteiger partial charge is 0.306 e. The van der Waals surface area contributed by atoms with Crippen molar-refractivity contribution in [2.24, 2.45) is 11.7 Å². The summed E-state index contributed by atoms with van der Waals surface area (Å²) >= 11 is 0. The zero-order valence-corrected chi connectivity index (χ0v) is 9.98. The summed E-state index contributed by atoms with van der Waals surface area (Å²) in [5.41, 5.74) is 5.52. The standard InChI is InChI=1S/C13H19NO3/c1-3-4-5-11-10(8-12(15)17-11)7-6-9(2)13(14)16/h3,10-11H,1-2,4-8H2,(H2,14,16). The van der Waals surface area contributed by atoms with Gasteiger partial charge in [0.05, 0.1) is 6.42 Å². The van der Waals surface area contributed by atoms with E-state index in [1.807, 2.05) is 6.08 Å². The summed E-state index contributed by atoms with van der Waals surface area (Å²) in [4.78, 5) is 22.1. The summed E-state index contributed by atoms with van der Waals surface area (Å²) in [6.07, 6.45) is 5.05. The van der Waals surface area contributed by atoms with Crippen molar-refractivity contribution in [3.05, 3.63) is 24.8 Å². The van der Waals surface area contributed by atoms with Gasteiger partial charge in [-0.2, -0.15) is 0 Å². The van der Waals surface area contributed by atoms with Gasteiger partial charge in [-0.25, -0.2) is 0 Å². The first-order valence-corrected chi connectivity index (χ1v) is 5.82. The second kappa shape index (κ2) is 6.23. The fourth-order valence-corrected chi connectivity index (χ4v) is 2.01. The van der Waals surface area contributed by atoms with E-state index in [9.17, 15) is 9.59 Å². The molecule has 0 aliphatic carbocycles. The number of hydrogen-bond donors (Lipinski definition) is 1. The number of ether oxygens (including phenoxy) is 1. The van der Waals surface area contributed by atoms with E-state index in [-0.39, 0.29) is 18.0 Å². The molecule has 1 heterocycles. The van der Waals surface area contributed by atoms with Crippen molar-refractivity contribution in [2.45, 2.75) is 38.2 Å². The average Bonchev–Trinajstić information content (AvgIpc) is 2.63. The molecule has 2 unspecified atom stereocenters. The number of amides is 1. The van der Waals surface area contributed by atoms with E-state index in [2.05, 4.69) is 13.2 Å². The minimum absolute atomic E-state index is 0.0545. The number of carbonyl (C=O) groups excluding carboxylic acids is 2. The van der Waals surface area contributed by atoms with Crippen LogP contribution in [0.25, 0.3) is 0 Å². The van der Waals surface area contributed by atoms with Crippen LogP contribution in [-0.2, 0) is 14.3 Å². The third-order valence-electron chi connectivity index (χ3n) is 3.06. The SMILES string of the molecule is C=CCCC1OC(=O)CC1CCC(=C)C(N)=O. The van der Waals surface area contributed by atoms with Gasteiger partial charge in [-0.15, -0.1) is 6.58 Å². The summed E-state index contributed by atoms with van der Waals surface area (Å²) < 4.78 is 5.24. The number of nitrogens with two attached hydrogens (primary N) is 1. The Balaban J connectivity index is 2.44. The van der Waals surface area contributed by atoms with E-state index in [0.717, 1.165) is 19.3 Å². The molecule has 0 radical (unpaired) electrons. The van der Waals surface area contributed by atoms with Gasteiger partial charge in [0.15, 0.2) is 0 Å². The third-order valence-corrected chi connectivity index (χ3v) is 3.06. The van der Waals surface area contributed by atoms with E-state index in [0.29, 0.717) is 18.4 Å². The Morgan fingerprint density at radius 3 is 2.82 bits per heavy atom. The molecule has 1 aliphatic rings. The number of esters is 1. The Morgan fingerprint density at radius 2 is 2.24 bits per heavy atom. The molecule has 4 heteroatoms. The summed E-state index contributed by atoms with van der Waals surface area (Å²) in [5.74, 6) is -0.467. The first kappa shape index (κ1) is 13.5. The number of allylic oxidation sites excluding steroid dienone is 1. The van der Waals surface area contributed by atoms with Gasteiger partial charge in [-0.1, -0.05) is 12.7 Å². The number of cyclic esters (lactones) is 1. The Bertz CT molecular complexity index is 336. The maximum absolute atomic E-state index is 11.2. The first-order chi connectivity index (χ1) is 8.04. The van der Waals surface area contributed by atoms with Crippen LogP contribution in [0.1, 0.15) is 32.1 Å². The van der Waals surface area contributed by atoms with Crippen molar-refractivity contribution in [1.29, 1.82) is 0 Å². The summed E-state index contributed by atoms with van der Waals surface area (Å²) in [5, 5.41) is 0. The summed E-state index contributed by atoms with van der Waals surface area (Å²) in [6, 6.07) is 0. The zero-order valence-electron chi connectivity index (χ0n) is 9.98. The second-order valence-corrected chi connectivity index (χ2v) is 4.37.